The third kappa shape index (κ3) is 13.6. The summed E-state index contributed by atoms with van der Waals surface area (Å²) in [4.78, 5) is 11.2. The van der Waals surface area contributed by atoms with Gasteiger partial charge in [-0.1, -0.05) is 51.0 Å². The van der Waals surface area contributed by atoms with E-state index < -0.39 is 5.97 Å². The molecule has 26 heavy (non-hydrogen) atoms. The van der Waals surface area contributed by atoms with Crippen LogP contribution in [0.15, 0.2) is 36.9 Å². The van der Waals surface area contributed by atoms with E-state index in [-0.39, 0.29) is 6.61 Å². The highest BCUT2D eigenvalue weighted by Gasteiger charge is 2.05. The minimum absolute atomic E-state index is 0.0894. The first-order valence-corrected chi connectivity index (χ1v) is 9.38. The average Bonchev–Trinajstić information content (AvgIpc) is 2.67. The van der Waals surface area contributed by atoms with E-state index in [9.17, 15) is 4.79 Å². The maximum atomic E-state index is 11.2. The lowest BCUT2D eigenvalue weighted by Crippen LogP contribution is -2.06. The topological polar surface area (TPSA) is 65.0 Å². The lowest BCUT2D eigenvalue weighted by molar-refractivity contribution is -0.129. The maximum Gasteiger partial charge on any atom is 0.335 e. The van der Waals surface area contributed by atoms with Crippen LogP contribution in [0.2, 0.25) is 0 Å². The van der Waals surface area contributed by atoms with Crippen molar-refractivity contribution in [2.45, 2.75) is 46.0 Å². The SMILES string of the molecule is C=CC(=O)Oc1ccccc1CCCCCC.CCOCCOCCO. The molecule has 0 aliphatic carbocycles. The summed E-state index contributed by atoms with van der Waals surface area (Å²) >= 11 is 0. The Morgan fingerprint density at radius 3 is 2.46 bits per heavy atom. The third-order valence-electron chi connectivity index (χ3n) is 3.46. The van der Waals surface area contributed by atoms with Crippen LogP contribution in [0, 0.1) is 0 Å². The molecule has 1 N–H and O–H groups in total. The molecule has 0 aliphatic heterocycles. The highest BCUT2D eigenvalue weighted by molar-refractivity contribution is 5.83. The van der Waals surface area contributed by atoms with Crippen molar-refractivity contribution in [3.8, 4) is 5.75 Å². The molecule has 148 valence electrons. The van der Waals surface area contributed by atoms with Crippen LogP contribution in [0.1, 0.15) is 45.1 Å². The molecule has 5 heteroatoms. The minimum atomic E-state index is -0.397. The van der Waals surface area contributed by atoms with Crippen molar-refractivity contribution < 1.29 is 24.1 Å². The van der Waals surface area contributed by atoms with Crippen LogP contribution in [-0.4, -0.2) is 44.1 Å². The molecule has 1 aromatic rings. The van der Waals surface area contributed by atoms with E-state index in [0.717, 1.165) is 25.0 Å². The number of hydrogen-bond donors (Lipinski definition) is 1. The summed E-state index contributed by atoms with van der Waals surface area (Å²) in [5.74, 6) is 0.264. The van der Waals surface area contributed by atoms with E-state index in [1.807, 2.05) is 31.2 Å². The summed E-state index contributed by atoms with van der Waals surface area (Å²) in [6.45, 7) is 9.95. The molecule has 0 aromatic heterocycles. The number of carbonyl (C=O) groups is 1. The smallest absolute Gasteiger partial charge is 0.335 e. The van der Waals surface area contributed by atoms with Crippen LogP contribution in [0.5, 0.6) is 5.75 Å². The first-order valence-electron chi connectivity index (χ1n) is 9.38. The van der Waals surface area contributed by atoms with Crippen molar-refractivity contribution in [1.82, 2.24) is 0 Å². The van der Waals surface area contributed by atoms with E-state index in [2.05, 4.69) is 13.5 Å². The van der Waals surface area contributed by atoms with Gasteiger partial charge in [-0.25, -0.2) is 4.79 Å². The number of para-hydroxylation sites is 1. The third-order valence-corrected chi connectivity index (χ3v) is 3.46. The molecule has 1 rings (SSSR count). The van der Waals surface area contributed by atoms with Gasteiger partial charge in [-0.05, 0) is 31.4 Å². The normalized spacial score (nSPS) is 9.96. The largest absolute Gasteiger partial charge is 0.423 e. The van der Waals surface area contributed by atoms with Gasteiger partial charge < -0.3 is 19.3 Å². The van der Waals surface area contributed by atoms with Crippen molar-refractivity contribution >= 4 is 5.97 Å². The lowest BCUT2D eigenvalue weighted by Gasteiger charge is -2.08. The number of rotatable bonds is 13. The minimum Gasteiger partial charge on any atom is -0.423 e. The van der Waals surface area contributed by atoms with Gasteiger partial charge in [0.1, 0.15) is 5.75 Å². The fourth-order valence-electron chi connectivity index (χ4n) is 2.13. The number of aliphatic hydroxyl groups is 1. The van der Waals surface area contributed by atoms with Crippen molar-refractivity contribution in [3.63, 3.8) is 0 Å². The Morgan fingerprint density at radius 2 is 1.81 bits per heavy atom. The van der Waals surface area contributed by atoms with Gasteiger partial charge >= 0.3 is 5.97 Å². The monoisotopic (exact) mass is 366 g/mol. The summed E-state index contributed by atoms with van der Waals surface area (Å²) in [5.41, 5.74) is 1.10. The highest BCUT2D eigenvalue weighted by atomic mass is 16.5. The Labute approximate surface area is 158 Å². The van der Waals surface area contributed by atoms with Gasteiger partial charge in [0, 0.05) is 12.7 Å². The fraction of sp³-hybridized carbons (Fsp3) is 0.571. The van der Waals surface area contributed by atoms with Crippen LogP contribution < -0.4 is 4.74 Å². The maximum absolute atomic E-state index is 11.2. The van der Waals surface area contributed by atoms with Crippen LogP contribution in [0.4, 0.5) is 0 Å². The summed E-state index contributed by atoms with van der Waals surface area (Å²) in [6.07, 6.45) is 6.99. The molecule has 0 saturated carbocycles. The molecule has 0 unspecified atom stereocenters. The number of ether oxygens (including phenoxy) is 3. The van der Waals surface area contributed by atoms with Crippen LogP contribution in [0.25, 0.3) is 0 Å². The molecule has 1 aromatic carbocycles. The predicted octanol–water partition coefficient (Wildman–Crippen LogP) is 3.93. The van der Waals surface area contributed by atoms with Crippen LogP contribution in [0.3, 0.4) is 0 Å². The second-order valence-electron chi connectivity index (χ2n) is 5.58. The fourth-order valence-corrected chi connectivity index (χ4v) is 2.13. The molecule has 0 fully saturated rings. The average molecular weight is 366 g/mol. The summed E-state index contributed by atoms with van der Waals surface area (Å²) < 4.78 is 15.1. The number of aryl methyl sites for hydroxylation is 1. The highest BCUT2D eigenvalue weighted by Crippen LogP contribution is 2.20. The quantitative estimate of drug-likeness (QED) is 0.248. The number of unbranched alkanes of at least 4 members (excludes halogenated alkanes) is 3. The van der Waals surface area contributed by atoms with Crippen molar-refractivity contribution in [2.75, 3.05) is 33.0 Å². The van der Waals surface area contributed by atoms with E-state index in [1.54, 1.807) is 0 Å². The standard InChI is InChI=1S/C15H20O2.C6H14O3/c1-3-5-6-7-10-13-11-8-9-12-14(13)17-15(16)4-2;1-2-8-5-6-9-4-3-7/h4,8-9,11-12H,2-3,5-7,10H2,1H3;7H,2-6H2,1H3. The molecule has 5 nitrogen and oxygen atoms in total. The van der Waals surface area contributed by atoms with Gasteiger partial charge in [-0.2, -0.15) is 0 Å². The molecular weight excluding hydrogens is 332 g/mol. The van der Waals surface area contributed by atoms with Crippen LogP contribution >= 0.6 is 0 Å². The van der Waals surface area contributed by atoms with Crippen LogP contribution in [-0.2, 0) is 20.7 Å². The molecule has 0 spiro atoms. The Kier molecular flexibility index (Phi) is 16.9. The molecule has 0 saturated heterocycles. The number of carbonyl (C=O) groups excluding carboxylic acids is 1. The van der Waals surface area contributed by atoms with Gasteiger partial charge in [0.2, 0.25) is 0 Å². The zero-order chi connectivity index (χ0) is 19.5. The molecule has 0 atom stereocenters. The van der Waals surface area contributed by atoms with E-state index in [4.69, 9.17) is 19.3 Å². The Hall–Kier alpha value is -1.69. The van der Waals surface area contributed by atoms with Gasteiger partial charge in [-0.15, -0.1) is 0 Å². The predicted molar refractivity (Wildman–Crippen MR) is 105 cm³/mol. The van der Waals surface area contributed by atoms with E-state index in [1.165, 1.54) is 25.3 Å². The van der Waals surface area contributed by atoms with Crippen molar-refractivity contribution in [2.24, 2.45) is 0 Å². The summed E-state index contributed by atoms with van der Waals surface area (Å²) in [6, 6.07) is 7.69. The molecule has 0 aliphatic rings. The van der Waals surface area contributed by atoms with E-state index >= 15 is 0 Å². The molecule has 0 heterocycles. The Bertz CT molecular complexity index is 467. The second kappa shape index (κ2) is 18.1. The second-order valence-corrected chi connectivity index (χ2v) is 5.58. The number of esters is 1. The summed E-state index contributed by atoms with van der Waals surface area (Å²) in [7, 11) is 0. The number of aliphatic hydroxyl groups excluding tert-OH is 1. The lowest BCUT2D eigenvalue weighted by atomic mass is 10.1. The van der Waals surface area contributed by atoms with Gasteiger partial charge in [0.25, 0.3) is 0 Å². The Morgan fingerprint density at radius 1 is 1.08 bits per heavy atom. The molecular formula is C21H34O5. The first kappa shape index (κ1) is 24.3. The molecule has 0 bridgehead atoms. The van der Waals surface area contributed by atoms with Crippen molar-refractivity contribution in [3.05, 3.63) is 42.5 Å². The number of benzene rings is 1. The summed E-state index contributed by atoms with van der Waals surface area (Å²) in [5, 5.41) is 8.26. The zero-order valence-electron chi connectivity index (χ0n) is 16.2. The van der Waals surface area contributed by atoms with Gasteiger partial charge in [0.15, 0.2) is 0 Å². The van der Waals surface area contributed by atoms with E-state index in [0.29, 0.717) is 25.6 Å². The zero-order valence-corrected chi connectivity index (χ0v) is 16.2. The first-order chi connectivity index (χ1) is 12.7. The van der Waals surface area contributed by atoms with Crippen molar-refractivity contribution in [1.29, 1.82) is 0 Å². The van der Waals surface area contributed by atoms with Gasteiger partial charge in [-0.3, -0.25) is 0 Å². The van der Waals surface area contributed by atoms with Gasteiger partial charge in [0.05, 0.1) is 26.4 Å². The molecule has 0 amide bonds. The number of hydrogen-bond acceptors (Lipinski definition) is 5. The Balaban J connectivity index is 0.000000590. The molecule has 0 radical (unpaired) electrons.